The molecular formula is C13H26N2. The van der Waals surface area contributed by atoms with E-state index >= 15 is 0 Å². The summed E-state index contributed by atoms with van der Waals surface area (Å²) in [5.74, 6) is 0. The van der Waals surface area contributed by atoms with Gasteiger partial charge in [-0.15, -0.1) is 0 Å². The van der Waals surface area contributed by atoms with Crippen LogP contribution in [-0.4, -0.2) is 30.6 Å². The van der Waals surface area contributed by atoms with Gasteiger partial charge < -0.3 is 5.73 Å². The number of rotatable bonds is 2. The van der Waals surface area contributed by atoms with Gasteiger partial charge in [0.15, 0.2) is 0 Å². The van der Waals surface area contributed by atoms with E-state index in [0.717, 1.165) is 12.6 Å². The van der Waals surface area contributed by atoms with Gasteiger partial charge in [-0.05, 0) is 37.8 Å². The summed E-state index contributed by atoms with van der Waals surface area (Å²) in [6, 6.07) is 0.876. The van der Waals surface area contributed by atoms with Crippen molar-refractivity contribution in [3.63, 3.8) is 0 Å². The van der Waals surface area contributed by atoms with Crippen LogP contribution in [0.5, 0.6) is 0 Å². The molecule has 2 N–H and O–H groups in total. The van der Waals surface area contributed by atoms with Crippen LogP contribution in [0, 0.1) is 5.41 Å². The summed E-state index contributed by atoms with van der Waals surface area (Å²) in [7, 11) is 0. The van der Waals surface area contributed by atoms with Crippen molar-refractivity contribution in [1.82, 2.24) is 4.90 Å². The van der Waals surface area contributed by atoms with E-state index in [2.05, 4.69) is 11.8 Å². The van der Waals surface area contributed by atoms with E-state index in [9.17, 15) is 0 Å². The first kappa shape index (κ1) is 11.4. The molecule has 2 rings (SSSR count). The molecule has 2 aliphatic rings. The summed E-state index contributed by atoms with van der Waals surface area (Å²) in [5.41, 5.74) is 6.27. The normalized spacial score (nSPS) is 35.6. The van der Waals surface area contributed by atoms with Crippen LogP contribution >= 0.6 is 0 Å². The van der Waals surface area contributed by atoms with Crippen molar-refractivity contribution >= 4 is 0 Å². The van der Waals surface area contributed by atoms with Crippen LogP contribution in [0.1, 0.15) is 51.9 Å². The Bertz CT molecular complexity index is 197. The monoisotopic (exact) mass is 210 g/mol. The lowest BCUT2D eigenvalue weighted by atomic mass is 9.90. The topological polar surface area (TPSA) is 29.3 Å². The van der Waals surface area contributed by atoms with Gasteiger partial charge >= 0.3 is 0 Å². The second-order valence-corrected chi connectivity index (χ2v) is 5.88. The zero-order chi connectivity index (χ0) is 10.7. The molecule has 88 valence electrons. The van der Waals surface area contributed by atoms with Gasteiger partial charge in [-0.1, -0.05) is 32.6 Å². The van der Waals surface area contributed by atoms with Gasteiger partial charge in [0.05, 0.1) is 0 Å². The first-order valence-electron chi connectivity index (χ1n) is 6.68. The number of nitrogens with zero attached hydrogens (tertiary/aromatic N) is 1. The summed E-state index contributed by atoms with van der Waals surface area (Å²) in [6.07, 6.45) is 9.97. The minimum atomic E-state index is 0.409. The standard InChI is InChI=1S/C13H26N2/c1-13(10-14)8-9-15(11-13)12-6-4-2-3-5-7-12/h12H,2-11,14H2,1H3. The van der Waals surface area contributed by atoms with Crippen molar-refractivity contribution in [2.75, 3.05) is 19.6 Å². The van der Waals surface area contributed by atoms with Crippen LogP contribution in [-0.2, 0) is 0 Å². The molecule has 2 heteroatoms. The minimum Gasteiger partial charge on any atom is -0.330 e. The maximum absolute atomic E-state index is 5.86. The Kier molecular flexibility index (Phi) is 3.68. The molecule has 0 amide bonds. The van der Waals surface area contributed by atoms with Crippen LogP contribution < -0.4 is 5.73 Å². The molecule has 0 aromatic heterocycles. The van der Waals surface area contributed by atoms with Crippen molar-refractivity contribution in [2.45, 2.75) is 57.9 Å². The van der Waals surface area contributed by atoms with E-state index in [1.54, 1.807) is 0 Å². The first-order chi connectivity index (χ1) is 7.23. The van der Waals surface area contributed by atoms with Gasteiger partial charge in [0.1, 0.15) is 0 Å². The summed E-state index contributed by atoms with van der Waals surface area (Å²) in [4.78, 5) is 2.72. The molecule has 0 spiro atoms. The highest BCUT2D eigenvalue weighted by Crippen LogP contribution is 2.33. The van der Waals surface area contributed by atoms with Crippen LogP contribution in [0.25, 0.3) is 0 Å². The maximum Gasteiger partial charge on any atom is 0.00955 e. The Morgan fingerprint density at radius 3 is 2.40 bits per heavy atom. The Labute approximate surface area is 94.2 Å². The van der Waals surface area contributed by atoms with Gasteiger partial charge in [0.2, 0.25) is 0 Å². The lowest BCUT2D eigenvalue weighted by molar-refractivity contribution is 0.195. The molecule has 1 heterocycles. The molecule has 1 aliphatic carbocycles. The highest BCUT2D eigenvalue weighted by atomic mass is 15.2. The Morgan fingerprint density at radius 2 is 1.87 bits per heavy atom. The minimum absolute atomic E-state index is 0.409. The second-order valence-electron chi connectivity index (χ2n) is 5.88. The third-order valence-corrected chi connectivity index (χ3v) is 4.42. The molecule has 0 aromatic rings. The third-order valence-electron chi connectivity index (χ3n) is 4.42. The fourth-order valence-corrected chi connectivity index (χ4v) is 3.16. The Hall–Kier alpha value is -0.0800. The van der Waals surface area contributed by atoms with Gasteiger partial charge in [-0.2, -0.15) is 0 Å². The van der Waals surface area contributed by atoms with Gasteiger partial charge in [-0.25, -0.2) is 0 Å². The summed E-state index contributed by atoms with van der Waals surface area (Å²) >= 11 is 0. The molecule has 0 aromatic carbocycles. The lowest BCUT2D eigenvalue weighted by Crippen LogP contribution is -2.37. The van der Waals surface area contributed by atoms with Crippen LogP contribution in [0.3, 0.4) is 0 Å². The van der Waals surface area contributed by atoms with E-state index in [4.69, 9.17) is 5.73 Å². The number of hydrogen-bond donors (Lipinski definition) is 1. The molecule has 2 nitrogen and oxygen atoms in total. The van der Waals surface area contributed by atoms with Crippen molar-refractivity contribution in [2.24, 2.45) is 11.1 Å². The van der Waals surface area contributed by atoms with E-state index < -0.39 is 0 Å². The molecule has 1 saturated heterocycles. The number of nitrogens with two attached hydrogens (primary N) is 1. The zero-order valence-electron chi connectivity index (χ0n) is 10.2. The van der Waals surface area contributed by atoms with Crippen molar-refractivity contribution < 1.29 is 0 Å². The highest BCUT2D eigenvalue weighted by molar-refractivity contribution is 4.90. The first-order valence-corrected chi connectivity index (χ1v) is 6.68. The Morgan fingerprint density at radius 1 is 1.20 bits per heavy atom. The highest BCUT2D eigenvalue weighted by Gasteiger charge is 2.35. The molecule has 1 saturated carbocycles. The fraction of sp³-hybridized carbons (Fsp3) is 1.00. The molecule has 0 radical (unpaired) electrons. The lowest BCUT2D eigenvalue weighted by Gasteiger charge is -2.29. The summed E-state index contributed by atoms with van der Waals surface area (Å²) in [5, 5.41) is 0. The second kappa shape index (κ2) is 4.84. The average Bonchev–Trinajstić information content (AvgIpc) is 2.50. The molecular weight excluding hydrogens is 184 g/mol. The van der Waals surface area contributed by atoms with Crippen LogP contribution in [0.2, 0.25) is 0 Å². The number of likely N-dealkylation sites (tertiary alicyclic amines) is 1. The molecule has 1 unspecified atom stereocenters. The smallest absolute Gasteiger partial charge is 0.00955 e. The largest absolute Gasteiger partial charge is 0.330 e. The zero-order valence-corrected chi connectivity index (χ0v) is 10.2. The fourth-order valence-electron chi connectivity index (χ4n) is 3.16. The van der Waals surface area contributed by atoms with Crippen molar-refractivity contribution in [3.05, 3.63) is 0 Å². The van der Waals surface area contributed by atoms with E-state index in [1.807, 2.05) is 0 Å². The predicted octanol–water partition coefficient (Wildman–Crippen LogP) is 2.38. The molecule has 2 fully saturated rings. The van der Waals surface area contributed by atoms with E-state index in [0.29, 0.717) is 5.41 Å². The number of hydrogen-bond acceptors (Lipinski definition) is 2. The molecule has 1 aliphatic heterocycles. The summed E-state index contributed by atoms with van der Waals surface area (Å²) in [6.45, 7) is 5.74. The van der Waals surface area contributed by atoms with E-state index in [-0.39, 0.29) is 0 Å². The van der Waals surface area contributed by atoms with Crippen LogP contribution in [0.4, 0.5) is 0 Å². The molecule has 1 atom stereocenters. The molecule has 0 bridgehead atoms. The van der Waals surface area contributed by atoms with Crippen molar-refractivity contribution in [3.8, 4) is 0 Å². The van der Waals surface area contributed by atoms with E-state index in [1.165, 1.54) is 58.0 Å². The SMILES string of the molecule is CC1(CN)CCN(C2CCCCCC2)C1. The average molecular weight is 210 g/mol. The summed E-state index contributed by atoms with van der Waals surface area (Å²) < 4.78 is 0. The Balaban J connectivity index is 1.88. The van der Waals surface area contributed by atoms with Gasteiger partial charge in [0.25, 0.3) is 0 Å². The third kappa shape index (κ3) is 2.73. The quantitative estimate of drug-likeness (QED) is 0.709. The maximum atomic E-state index is 5.86. The molecule has 15 heavy (non-hydrogen) atoms. The van der Waals surface area contributed by atoms with Crippen molar-refractivity contribution in [1.29, 1.82) is 0 Å². The van der Waals surface area contributed by atoms with Gasteiger partial charge in [0, 0.05) is 12.6 Å². The van der Waals surface area contributed by atoms with Crippen LogP contribution in [0.15, 0.2) is 0 Å². The predicted molar refractivity (Wildman–Crippen MR) is 64.8 cm³/mol. The van der Waals surface area contributed by atoms with Gasteiger partial charge in [-0.3, -0.25) is 4.90 Å².